The van der Waals surface area contributed by atoms with Gasteiger partial charge in [-0.15, -0.1) is 0 Å². The van der Waals surface area contributed by atoms with Gasteiger partial charge in [0.1, 0.15) is 5.75 Å². The molecule has 0 bridgehead atoms. The highest BCUT2D eigenvalue weighted by Crippen LogP contribution is 2.35. The molecule has 0 amide bonds. The average Bonchev–Trinajstić information content (AvgIpc) is 2.92. The minimum absolute atomic E-state index is 0.192. The SMILES string of the molecule is COc1ccc(CN2CCC[C@]3(COCCN(c4cccnc4)C3)C2)cc1. The van der Waals surface area contributed by atoms with Gasteiger partial charge in [0.2, 0.25) is 0 Å². The summed E-state index contributed by atoms with van der Waals surface area (Å²) in [6, 6.07) is 12.6. The van der Waals surface area contributed by atoms with E-state index in [1.807, 2.05) is 30.6 Å². The molecule has 5 nitrogen and oxygen atoms in total. The van der Waals surface area contributed by atoms with Crippen LogP contribution >= 0.6 is 0 Å². The van der Waals surface area contributed by atoms with E-state index in [1.165, 1.54) is 24.1 Å². The molecule has 1 aromatic heterocycles. The van der Waals surface area contributed by atoms with Crippen LogP contribution in [0.2, 0.25) is 0 Å². The van der Waals surface area contributed by atoms with Crippen molar-refractivity contribution in [3.8, 4) is 5.75 Å². The zero-order valence-corrected chi connectivity index (χ0v) is 16.1. The number of benzene rings is 1. The summed E-state index contributed by atoms with van der Waals surface area (Å²) in [6.45, 7) is 6.83. The topological polar surface area (TPSA) is 37.8 Å². The number of methoxy groups -OCH3 is 1. The van der Waals surface area contributed by atoms with Crippen molar-refractivity contribution in [2.75, 3.05) is 51.4 Å². The first-order chi connectivity index (χ1) is 13.3. The van der Waals surface area contributed by atoms with Gasteiger partial charge in [0.25, 0.3) is 0 Å². The Bertz CT molecular complexity index is 722. The smallest absolute Gasteiger partial charge is 0.118 e. The van der Waals surface area contributed by atoms with Crippen molar-refractivity contribution in [3.63, 3.8) is 0 Å². The van der Waals surface area contributed by atoms with Crippen molar-refractivity contribution in [1.29, 1.82) is 0 Å². The molecule has 2 aliphatic heterocycles. The Labute approximate surface area is 161 Å². The first-order valence-electron chi connectivity index (χ1n) is 9.84. The summed E-state index contributed by atoms with van der Waals surface area (Å²) >= 11 is 0. The van der Waals surface area contributed by atoms with Crippen molar-refractivity contribution >= 4 is 5.69 Å². The third-order valence-corrected chi connectivity index (χ3v) is 5.76. The van der Waals surface area contributed by atoms with E-state index in [1.54, 1.807) is 7.11 Å². The Morgan fingerprint density at radius 1 is 1.15 bits per heavy atom. The van der Waals surface area contributed by atoms with Crippen molar-refractivity contribution in [2.24, 2.45) is 5.41 Å². The van der Waals surface area contributed by atoms with E-state index in [0.717, 1.165) is 51.7 Å². The van der Waals surface area contributed by atoms with Gasteiger partial charge in [-0.1, -0.05) is 12.1 Å². The Kier molecular flexibility index (Phi) is 5.60. The van der Waals surface area contributed by atoms with Crippen LogP contribution in [0.5, 0.6) is 5.75 Å². The summed E-state index contributed by atoms with van der Waals surface area (Å²) in [5, 5.41) is 0. The fourth-order valence-electron chi connectivity index (χ4n) is 4.44. The average molecular weight is 367 g/mol. The molecule has 1 atom stereocenters. The molecular formula is C22H29N3O2. The molecule has 27 heavy (non-hydrogen) atoms. The second-order valence-corrected chi connectivity index (χ2v) is 7.85. The minimum Gasteiger partial charge on any atom is -0.497 e. The molecule has 0 N–H and O–H groups in total. The number of aromatic nitrogens is 1. The zero-order chi connectivity index (χ0) is 18.5. The molecule has 144 valence electrons. The summed E-state index contributed by atoms with van der Waals surface area (Å²) in [4.78, 5) is 9.35. The predicted octanol–water partition coefficient (Wildman–Crippen LogP) is 3.21. The number of ether oxygens (including phenoxy) is 2. The fraction of sp³-hybridized carbons (Fsp3) is 0.500. The van der Waals surface area contributed by atoms with E-state index >= 15 is 0 Å². The highest BCUT2D eigenvalue weighted by Gasteiger charge is 2.39. The van der Waals surface area contributed by atoms with Crippen LogP contribution in [0.1, 0.15) is 18.4 Å². The number of nitrogens with zero attached hydrogens (tertiary/aromatic N) is 3. The molecule has 0 unspecified atom stereocenters. The number of piperidine rings is 1. The van der Waals surface area contributed by atoms with E-state index in [0.29, 0.717) is 0 Å². The van der Waals surface area contributed by atoms with Gasteiger partial charge in [0, 0.05) is 37.8 Å². The maximum absolute atomic E-state index is 6.06. The molecule has 1 spiro atoms. The standard InChI is InChI=1S/C22H29N3O2/c1-26-21-7-5-19(6-8-21)15-24-11-3-9-22(16-24)17-25(12-13-27-18-22)20-4-2-10-23-14-20/h2,4-8,10,14H,3,9,11-13,15-18H2,1H3/t22-/m0/s1. The van der Waals surface area contributed by atoms with E-state index in [-0.39, 0.29) is 5.41 Å². The lowest BCUT2D eigenvalue weighted by atomic mass is 9.80. The van der Waals surface area contributed by atoms with E-state index < -0.39 is 0 Å². The number of hydrogen-bond acceptors (Lipinski definition) is 5. The van der Waals surface area contributed by atoms with Crippen molar-refractivity contribution in [3.05, 3.63) is 54.4 Å². The number of pyridine rings is 1. The van der Waals surface area contributed by atoms with Crippen LogP contribution in [0.4, 0.5) is 5.69 Å². The maximum atomic E-state index is 6.06. The summed E-state index contributed by atoms with van der Waals surface area (Å²) in [5.74, 6) is 0.915. The Hall–Kier alpha value is -2.11. The van der Waals surface area contributed by atoms with Gasteiger partial charge in [-0.25, -0.2) is 0 Å². The largest absolute Gasteiger partial charge is 0.497 e. The Morgan fingerprint density at radius 2 is 2.04 bits per heavy atom. The monoisotopic (exact) mass is 367 g/mol. The summed E-state index contributed by atoms with van der Waals surface area (Å²) in [6.07, 6.45) is 6.25. The molecule has 2 fully saturated rings. The summed E-state index contributed by atoms with van der Waals surface area (Å²) in [5.41, 5.74) is 2.73. The lowest BCUT2D eigenvalue weighted by molar-refractivity contribution is 0.0107. The molecule has 4 rings (SSSR count). The molecule has 0 radical (unpaired) electrons. The third-order valence-electron chi connectivity index (χ3n) is 5.76. The molecule has 0 aliphatic carbocycles. The van der Waals surface area contributed by atoms with E-state index in [4.69, 9.17) is 9.47 Å². The molecule has 5 heteroatoms. The van der Waals surface area contributed by atoms with Gasteiger partial charge in [-0.3, -0.25) is 9.88 Å². The first-order valence-corrected chi connectivity index (χ1v) is 9.84. The normalized spacial score (nSPS) is 24.0. The van der Waals surface area contributed by atoms with Gasteiger partial charge in [-0.2, -0.15) is 0 Å². The molecule has 0 saturated carbocycles. The highest BCUT2D eigenvalue weighted by molar-refractivity contribution is 5.44. The highest BCUT2D eigenvalue weighted by atomic mass is 16.5. The number of hydrogen-bond donors (Lipinski definition) is 0. The molecule has 3 heterocycles. The van der Waals surface area contributed by atoms with Crippen LogP contribution in [0.25, 0.3) is 0 Å². The predicted molar refractivity (Wildman–Crippen MR) is 107 cm³/mol. The van der Waals surface area contributed by atoms with Gasteiger partial charge < -0.3 is 14.4 Å². The van der Waals surface area contributed by atoms with Crippen LogP contribution in [-0.4, -0.2) is 56.4 Å². The second kappa shape index (κ2) is 8.28. The molecule has 1 aromatic carbocycles. The first kappa shape index (κ1) is 18.3. The third kappa shape index (κ3) is 4.42. The van der Waals surface area contributed by atoms with Gasteiger partial charge in [0.15, 0.2) is 0 Å². The van der Waals surface area contributed by atoms with E-state index in [2.05, 4.69) is 33.0 Å². The van der Waals surface area contributed by atoms with Gasteiger partial charge in [0.05, 0.1) is 32.2 Å². The lowest BCUT2D eigenvalue weighted by Crippen LogP contribution is -2.50. The van der Waals surface area contributed by atoms with Crippen molar-refractivity contribution < 1.29 is 9.47 Å². The maximum Gasteiger partial charge on any atom is 0.118 e. The number of anilines is 1. The minimum atomic E-state index is 0.192. The summed E-state index contributed by atoms with van der Waals surface area (Å²) < 4.78 is 11.3. The lowest BCUT2D eigenvalue weighted by Gasteiger charge is -2.44. The zero-order valence-electron chi connectivity index (χ0n) is 16.1. The molecule has 2 aromatic rings. The van der Waals surface area contributed by atoms with Crippen LogP contribution in [0.3, 0.4) is 0 Å². The van der Waals surface area contributed by atoms with Crippen LogP contribution in [0, 0.1) is 5.41 Å². The van der Waals surface area contributed by atoms with E-state index in [9.17, 15) is 0 Å². The van der Waals surface area contributed by atoms with Crippen LogP contribution < -0.4 is 9.64 Å². The molecule has 2 saturated heterocycles. The van der Waals surface area contributed by atoms with Gasteiger partial charge >= 0.3 is 0 Å². The number of rotatable bonds is 4. The van der Waals surface area contributed by atoms with Crippen LogP contribution in [-0.2, 0) is 11.3 Å². The number of likely N-dealkylation sites (tertiary alicyclic amines) is 1. The molecule has 2 aliphatic rings. The Morgan fingerprint density at radius 3 is 2.81 bits per heavy atom. The summed E-state index contributed by atoms with van der Waals surface area (Å²) in [7, 11) is 1.71. The van der Waals surface area contributed by atoms with Crippen LogP contribution in [0.15, 0.2) is 48.8 Å². The second-order valence-electron chi connectivity index (χ2n) is 7.85. The molecular weight excluding hydrogens is 338 g/mol. The van der Waals surface area contributed by atoms with Crippen molar-refractivity contribution in [1.82, 2.24) is 9.88 Å². The fourth-order valence-corrected chi connectivity index (χ4v) is 4.44. The van der Waals surface area contributed by atoms with Gasteiger partial charge in [-0.05, 0) is 49.2 Å². The quantitative estimate of drug-likeness (QED) is 0.830. The van der Waals surface area contributed by atoms with Crippen molar-refractivity contribution in [2.45, 2.75) is 19.4 Å². The Balaban J connectivity index is 1.46.